The third-order valence-electron chi connectivity index (χ3n) is 11.9. The predicted octanol–water partition coefficient (Wildman–Crippen LogP) is 10.3. The van der Waals surface area contributed by atoms with Crippen LogP contribution in [0.5, 0.6) is 11.8 Å². The fourth-order valence-electron chi connectivity index (χ4n) is 8.90. The molecule has 2 aliphatic heterocycles. The van der Waals surface area contributed by atoms with E-state index in [-0.39, 0.29) is 0 Å². The number of ketones is 1. The maximum Gasteiger partial charge on any atom is 0.416 e. The van der Waals surface area contributed by atoms with Gasteiger partial charge in [-0.25, -0.2) is 18.7 Å². The highest BCUT2D eigenvalue weighted by Gasteiger charge is 2.44. The van der Waals surface area contributed by atoms with Crippen molar-refractivity contribution in [3.63, 3.8) is 0 Å². The van der Waals surface area contributed by atoms with E-state index in [2.05, 4.69) is 29.7 Å². The van der Waals surface area contributed by atoms with Crippen LogP contribution in [0.3, 0.4) is 0 Å². The number of piperidine rings is 2. The quantitative estimate of drug-likeness (QED) is 0.115. The number of Topliss-reactive ketones (excluding diaryl/α,β-unsaturated/α-hetero) is 1. The molecule has 6 rings (SSSR count). The molecule has 2 aromatic carbocycles. The van der Waals surface area contributed by atoms with Crippen molar-refractivity contribution in [1.82, 2.24) is 29.7 Å². The number of rotatable bonds is 14. The predicted molar refractivity (Wildman–Crippen MR) is 223 cm³/mol. The second-order valence-corrected chi connectivity index (χ2v) is 18.8. The Morgan fingerprint density at radius 1 is 0.594 bits per heavy atom. The van der Waals surface area contributed by atoms with Crippen LogP contribution in [0.15, 0.2) is 61.2 Å². The first-order valence-corrected chi connectivity index (χ1v) is 21.6. The Bertz CT molecular complexity index is 2060. The van der Waals surface area contributed by atoms with Crippen LogP contribution in [0.1, 0.15) is 101 Å². The summed E-state index contributed by atoms with van der Waals surface area (Å²) in [5.74, 6) is -5.84. The van der Waals surface area contributed by atoms with Gasteiger partial charge in [0.2, 0.25) is 11.8 Å². The van der Waals surface area contributed by atoms with E-state index in [0.29, 0.717) is 88.1 Å². The van der Waals surface area contributed by atoms with Gasteiger partial charge in [0.25, 0.3) is 0 Å². The number of ether oxygens (including phenoxy) is 2. The summed E-state index contributed by atoms with van der Waals surface area (Å²) in [4.78, 5) is 37.1. The van der Waals surface area contributed by atoms with Crippen LogP contribution in [-0.4, -0.2) is 72.9 Å². The Morgan fingerprint density at radius 2 is 0.938 bits per heavy atom. The number of aromatic nitrogens is 4. The fourth-order valence-corrected chi connectivity index (χ4v) is 8.90. The number of hydrogen-bond donors (Lipinski definition) is 0. The molecule has 17 heteroatoms. The van der Waals surface area contributed by atoms with Gasteiger partial charge in [0, 0.05) is 60.8 Å². The molecule has 0 radical (unpaired) electrons. The summed E-state index contributed by atoms with van der Waals surface area (Å²) < 4.78 is 130. The van der Waals surface area contributed by atoms with E-state index in [1.165, 1.54) is 24.8 Å². The molecule has 2 aromatic heterocycles. The molecular weight excluding hydrogens is 849 g/mol. The number of nitrogens with zero attached hydrogens (tertiary/aromatic N) is 6. The maximum atomic E-state index is 15.7. The Balaban J connectivity index is 1.33. The third kappa shape index (κ3) is 12.7. The zero-order valence-electron chi connectivity index (χ0n) is 37.0. The van der Waals surface area contributed by atoms with Crippen molar-refractivity contribution >= 4 is 5.78 Å². The third-order valence-corrected chi connectivity index (χ3v) is 11.9. The first-order valence-electron chi connectivity index (χ1n) is 21.6. The van der Waals surface area contributed by atoms with E-state index >= 15 is 13.6 Å². The fraction of sp³-hybridized carbons (Fsp3) is 0.553. The second kappa shape index (κ2) is 19.8. The van der Waals surface area contributed by atoms with E-state index in [0.717, 1.165) is 36.4 Å². The van der Waals surface area contributed by atoms with Crippen LogP contribution in [0.25, 0.3) is 0 Å². The maximum absolute atomic E-state index is 15.7. The van der Waals surface area contributed by atoms with Gasteiger partial charge in [0.1, 0.15) is 40.0 Å². The Hall–Kier alpha value is -4.77. The summed E-state index contributed by atoms with van der Waals surface area (Å²) in [5, 5.41) is 0. The molecule has 64 heavy (non-hydrogen) atoms. The van der Waals surface area contributed by atoms with Crippen molar-refractivity contribution in [3.05, 3.63) is 106 Å². The van der Waals surface area contributed by atoms with Crippen LogP contribution < -0.4 is 9.47 Å². The van der Waals surface area contributed by atoms with E-state index in [1.807, 2.05) is 41.5 Å². The zero-order chi connectivity index (χ0) is 46.6. The average Bonchev–Trinajstić information content (AvgIpc) is 3.20. The van der Waals surface area contributed by atoms with Crippen molar-refractivity contribution in [2.75, 3.05) is 26.2 Å². The summed E-state index contributed by atoms with van der Waals surface area (Å²) in [5.41, 5.74) is -3.82. The monoisotopic (exact) mass is 904 g/mol. The Kier molecular flexibility index (Phi) is 15.0. The number of carbonyl (C=O) groups excluding carboxylic acids is 1. The van der Waals surface area contributed by atoms with Gasteiger partial charge in [-0.3, -0.25) is 24.6 Å². The van der Waals surface area contributed by atoms with Gasteiger partial charge in [0.15, 0.2) is 0 Å². The average molecular weight is 905 g/mol. The van der Waals surface area contributed by atoms with Crippen molar-refractivity contribution in [1.29, 1.82) is 0 Å². The summed E-state index contributed by atoms with van der Waals surface area (Å²) in [6.07, 6.45) is -3.87. The van der Waals surface area contributed by atoms with Gasteiger partial charge < -0.3 is 9.47 Å². The number of halogens is 8. The second-order valence-electron chi connectivity index (χ2n) is 18.8. The van der Waals surface area contributed by atoms with E-state index in [1.54, 1.807) is 0 Å². The van der Waals surface area contributed by atoms with Crippen molar-refractivity contribution in [2.45, 2.75) is 117 Å². The number of benzene rings is 2. The van der Waals surface area contributed by atoms with Gasteiger partial charge in [0.05, 0.1) is 11.1 Å². The van der Waals surface area contributed by atoms with Crippen LogP contribution in [0, 0.1) is 35.3 Å². The molecule has 0 bridgehead atoms. The van der Waals surface area contributed by atoms with E-state index < -0.39 is 99.7 Å². The molecular formula is C47H56F8N6O3. The summed E-state index contributed by atoms with van der Waals surface area (Å²) >= 11 is 0. The van der Waals surface area contributed by atoms with E-state index in [4.69, 9.17) is 9.47 Å². The minimum absolute atomic E-state index is 0.303. The Labute approximate surface area is 369 Å². The number of carbonyl (C=O) groups is 1. The topological polar surface area (TPSA) is 93.6 Å². The van der Waals surface area contributed by atoms with Crippen molar-refractivity contribution < 1.29 is 49.4 Å². The highest BCUT2D eigenvalue weighted by Crippen LogP contribution is 2.42. The minimum Gasteiger partial charge on any atom is -0.471 e. The lowest BCUT2D eigenvalue weighted by Crippen LogP contribution is -2.44. The molecule has 0 spiro atoms. The van der Waals surface area contributed by atoms with Gasteiger partial charge in [-0.2, -0.15) is 26.3 Å². The lowest BCUT2D eigenvalue weighted by molar-refractivity contribution is -0.139. The van der Waals surface area contributed by atoms with Gasteiger partial charge >= 0.3 is 12.4 Å². The molecule has 0 saturated carbocycles. The molecule has 4 aromatic rings. The molecule has 348 valence electrons. The molecule has 0 aliphatic carbocycles. The van der Waals surface area contributed by atoms with Crippen molar-refractivity contribution in [2.24, 2.45) is 23.7 Å². The molecule has 2 atom stereocenters. The molecule has 2 fully saturated rings. The molecule has 0 N–H and O–H groups in total. The Morgan fingerprint density at radius 3 is 1.27 bits per heavy atom. The van der Waals surface area contributed by atoms with Crippen molar-refractivity contribution in [3.8, 4) is 11.8 Å². The zero-order valence-corrected chi connectivity index (χ0v) is 37.0. The summed E-state index contributed by atoms with van der Waals surface area (Å²) in [7, 11) is 0. The van der Waals surface area contributed by atoms with E-state index in [9.17, 15) is 26.3 Å². The van der Waals surface area contributed by atoms with Crippen LogP contribution in [-0.2, 0) is 43.1 Å². The number of alkyl halides is 6. The minimum atomic E-state index is -4.96. The van der Waals surface area contributed by atoms with Crippen LogP contribution in [0.2, 0.25) is 0 Å². The molecule has 2 unspecified atom stereocenters. The lowest BCUT2D eigenvalue weighted by atomic mass is 9.69. The number of hydrogen-bond acceptors (Lipinski definition) is 9. The molecule has 9 nitrogen and oxygen atoms in total. The summed E-state index contributed by atoms with van der Waals surface area (Å²) in [6.45, 7) is 13.4. The molecule has 0 amide bonds. The standard InChI is InChI=1S/C47H56F8N6O3/c1-44(2,3)63-42-39(56-17-19-58-42)27-60-21-13-29(14-22-60)31(25-33-35(46(50,51)52)9-7-11-37(33)48)41(62)32(26-34-36(47(53,54)55)10-8-12-38(34)49)30-15-23-61(24-16-30)28-40-43(59-20-18-57-40)64-45(4,5)6/h7-12,17-20,29-32H,13-16,21-28H2,1-6H3. The smallest absolute Gasteiger partial charge is 0.416 e. The first kappa shape index (κ1) is 48.7. The highest BCUT2D eigenvalue weighted by atomic mass is 19.4. The molecule has 2 aliphatic rings. The lowest BCUT2D eigenvalue weighted by Gasteiger charge is -2.40. The largest absolute Gasteiger partial charge is 0.471 e. The first-order chi connectivity index (χ1) is 30.0. The highest BCUT2D eigenvalue weighted by molar-refractivity contribution is 5.85. The van der Waals surface area contributed by atoms with Gasteiger partial charge in [-0.05, 0) is 142 Å². The molecule has 4 heterocycles. The SMILES string of the molecule is CC(C)(C)Oc1nccnc1CN1CCC(C(Cc2c(F)cccc2C(F)(F)F)C(=O)C(Cc2c(F)cccc2C(F)(F)F)C2CCN(Cc3nccnc3OC(C)(C)C)CC2)CC1. The van der Waals surface area contributed by atoms with Crippen LogP contribution >= 0.6 is 0 Å². The van der Waals surface area contributed by atoms with Gasteiger partial charge in [-0.15, -0.1) is 0 Å². The normalized spacial score (nSPS) is 17.6. The number of likely N-dealkylation sites (tertiary alicyclic amines) is 2. The molecule has 2 saturated heterocycles. The van der Waals surface area contributed by atoms with Gasteiger partial charge in [-0.1, -0.05) is 12.1 Å². The summed E-state index contributed by atoms with van der Waals surface area (Å²) in [6, 6.07) is 5.24. The van der Waals surface area contributed by atoms with Crippen LogP contribution in [0.4, 0.5) is 35.1 Å².